The van der Waals surface area contributed by atoms with Gasteiger partial charge in [0.1, 0.15) is 23.8 Å². The van der Waals surface area contributed by atoms with Crippen LogP contribution in [0.5, 0.6) is 0 Å². The predicted octanol–water partition coefficient (Wildman–Crippen LogP) is 0.536. The Morgan fingerprint density at radius 3 is 2.93 bits per heavy atom. The summed E-state index contributed by atoms with van der Waals surface area (Å²) in [5, 5.41) is 7.08. The normalized spacial score (nSPS) is 10.1. The van der Waals surface area contributed by atoms with E-state index in [9.17, 15) is 0 Å². The quantitative estimate of drug-likeness (QED) is 0.722. The van der Waals surface area contributed by atoms with Gasteiger partial charge >= 0.3 is 0 Å². The van der Waals surface area contributed by atoms with Crippen molar-refractivity contribution in [1.82, 2.24) is 19.7 Å². The van der Waals surface area contributed by atoms with Crippen LogP contribution in [0.4, 0.5) is 17.5 Å². The van der Waals surface area contributed by atoms with Crippen molar-refractivity contribution in [2.45, 2.75) is 0 Å². The molecule has 0 saturated carbocycles. The molecule has 0 fully saturated rings. The zero-order valence-electron chi connectivity index (χ0n) is 7.68. The molecule has 2 aromatic heterocycles. The molecule has 0 bridgehead atoms. The third-order valence-corrected chi connectivity index (χ3v) is 1.77. The standard InChI is InChI=1S/C8H10N6/c1-14-8(2-3-12-14)13-7-4-6(9)10-5-11-7/h2-5H,1H3,(H3,9,10,11,13). The van der Waals surface area contributed by atoms with E-state index in [1.807, 2.05) is 13.1 Å². The molecule has 0 unspecified atom stereocenters. The minimum atomic E-state index is 0.435. The SMILES string of the molecule is Cn1nccc1Nc1cc(N)ncn1. The molecule has 0 spiro atoms. The maximum absolute atomic E-state index is 5.51. The Balaban J connectivity index is 2.23. The van der Waals surface area contributed by atoms with Crippen LogP contribution in [0.1, 0.15) is 0 Å². The van der Waals surface area contributed by atoms with E-state index in [1.165, 1.54) is 6.33 Å². The van der Waals surface area contributed by atoms with E-state index in [0.29, 0.717) is 11.6 Å². The largest absolute Gasteiger partial charge is 0.384 e. The van der Waals surface area contributed by atoms with Gasteiger partial charge in [-0.3, -0.25) is 4.68 Å². The maximum Gasteiger partial charge on any atom is 0.137 e. The molecule has 0 radical (unpaired) electrons. The lowest BCUT2D eigenvalue weighted by atomic mass is 10.5. The Morgan fingerprint density at radius 2 is 2.29 bits per heavy atom. The zero-order chi connectivity index (χ0) is 9.97. The van der Waals surface area contributed by atoms with Crippen LogP contribution in [-0.2, 0) is 7.05 Å². The number of hydrogen-bond donors (Lipinski definition) is 2. The average Bonchev–Trinajstić information content (AvgIpc) is 2.52. The van der Waals surface area contributed by atoms with Crippen LogP contribution >= 0.6 is 0 Å². The first-order valence-corrected chi connectivity index (χ1v) is 4.08. The van der Waals surface area contributed by atoms with Crippen LogP contribution in [0, 0.1) is 0 Å². The van der Waals surface area contributed by atoms with Crippen LogP contribution in [-0.4, -0.2) is 19.7 Å². The monoisotopic (exact) mass is 190 g/mol. The van der Waals surface area contributed by atoms with Crippen molar-refractivity contribution in [3.05, 3.63) is 24.7 Å². The number of nitrogens with one attached hydrogen (secondary N) is 1. The van der Waals surface area contributed by atoms with Gasteiger partial charge in [-0.05, 0) is 0 Å². The van der Waals surface area contributed by atoms with E-state index >= 15 is 0 Å². The molecule has 0 aliphatic carbocycles. The minimum Gasteiger partial charge on any atom is -0.384 e. The van der Waals surface area contributed by atoms with Gasteiger partial charge in [0.2, 0.25) is 0 Å². The molecule has 3 N–H and O–H groups in total. The Hall–Kier alpha value is -2.11. The average molecular weight is 190 g/mol. The highest BCUT2D eigenvalue weighted by molar-refractivity contribution is 5.54. The molecule has 72 valence electrons. The summed E-state index contributed by atoms with van der Waals surface area (Å²) in [4.78, 5) is 7.81. The smallest absolute Gasteiger partial charge is 0.137 e. The van der Waals surface area contributed by atoms with Crippen LogP contribution in [0.3, 0.4) is 0 Å². The molecule has 6 heteroatoms. The fourth-order valence-corrected chi connectivity index (χ4v) is 1.07. The second-order valence-electron chi connectivity index (χ2n) is 2.79. The van der Waals surface area contributed by atoms with Crippen molar-refractivity contribution in [3.8, 4) is 0 Å². The van der Waals surface area contributed by atoms with E-state index in [1.54, 1.807) is 16.9 Å². The highest BCUT2D eigenvalue weighted by Gasteiger charge is 1.99. The molecular formula is C8H10N6. The molecule has 2 aromatic rings. The van der Waals surface area contributed by atoms with Crippen molar-refractivity contribution >= 4 is 17.5 Å². The van der Waals surface area contributed by atoms with Crippen molar-refractivity contribution in [2.75, 3.05) is 11.1 Å². The number of nitrogen functional groups attached to an aromatic ring is 1. The fourth-order valence-electron chi connectivity index (χ4n) is 1.07. The van der Waals surface area contributed by atoms with Gasteiger partial charge in [-0.2, -0.15) is 5.10 Å². The molecule has 0 aromatic carbocycles. The van der Waals surface area contributed by atoms with E-state index in [0.717, 1.165) is 5.82 Å². The van der Waals surface area contributed by atoms with Crippen molar-refractivity contribution in [2.24, 2.45) is 7.05 Å². The Morgan fingerprint density at radius 1 is 1.43 bits per heavy atom. The number of hydrogen-bond acceptors (Lipinski definition) is 5. The highest BCUT2D eigenvalue weighted by Crippen LogP contribution is 2.13. The molecule has 0 atom stereocenters. The van der Waals surface area contributed by atoms with Gasteiger partial charge in [0, 0.05) is 19.2 Å². The zero-order valence-corrected chi connectivity index (χ0v) is 7.68. The number of aromatic nitrogens is 4. The summed E-state index contributed by atoms with van der Waals surface area (Å²) in [7, 11) is 1.84. The van der Waals surface area contributed by atoms with Gasteiger partial charge in [-0.25, -0.2) is 9.97 Å². The van der Waals surface area contributed by atoms with Gasteiger partial charge in [0.05, 0.1) is 6.20 Å². The molecule has 14 heavy (non-hydrogen) atoms. The van der Waals surface area contributed by atoms with Crippen LogP contribution in [0.15, 0.2) is 24.7 Å². The van der Waals surface area contributed by atoms with Gasteiger partial charge in [0.25, 0.3) is 0 Å². The lowest BCUT2D eigenvalue weighted by Gasteiger charge is -2.04. The summed E-state index contributed by atoms with van der Waals surface area (Å²) in [5.41, 5.74) is 5.51. The summed E-state index contributed by atoms with van der Waals surface area (Å²) < 4.78 is 1.71. The second kappa shape index (κ2) is 3.33. The molecule has 6 nitrogen and oxygen atoms in total. The number of aryl methyl sites for hydroxylation is 1. The van der Waals surface area contributed by atoms with Crippen LogP contribution in [0.2, 0.25) is 0 Å². The Kier molecular flexibility index (Phi) is 2.02. The predicted molar refractivity (Wildman–Crippen MR) is 52.9 cm³/mol. The Labute approximate surface area is 80.8 Å². The van der Waals surface area contributed by atoms with Gasteiger partial charge in [-0.15, -0.1) is 0 Å². The van der Waals surface area contributed by atoms with E-state index in [2.05, 4.69) is 20.4 Å². The Bertz CT molecular complexity index is 435. The van der Waals surface area contributed by atoms with Crippen LogP contribution in [0.25, 0.3) is 0 Å². The number of nitrogens with two attached hydrogens (primary N) is 1. The minimum absolute atomic E-state index is 0.435. The summed E-state index contributed by atoms with van der Waals surface area (Å²) in [6.45, 7) is 0. The summed E-state index contributed by atoms with van der Waals surface area (Å²) in [6, 6.07) is 3.51. The molecule has 0 aliphatic rings. The summed E-state index contributed by atoms with van der Waals surface area (Å²) in [5.74, 6) is 1.94. The van der Waals surface area contributed by atoms with Crippen LogP contribution < -0.4 is 11.1 Å². The molecule has 2 rings (SSSR count). The molecule has 0 aliphatic heterocycles. The van der Waals surface area contributed by atoms with E-state index in [-0.39, 0.29) is 0 Å². The third kappa shape index (κ3) is 1.63. The van der Waals surface area contributed by atoms with E-state index in [4.69, 9.17) is 5.73 Å². The molecule has 2 heterocycles. The summed E-state index contributed by atoms with van der Waals surface area (Å²) >= 11 is 0. The fraction of sp³-hybridized carbons (Fsp3) is 0.125. The topological polar surface area (TPSA) is 81.7 Å². The number of anilines is 3. The molecule has 0 amide bonds. The molecule has 0 saturated heterocycles. The first kappa shape index (κ1) is 8.49. The van der Waals surface area contributed by atoms with E-state index < -0.39 is 0 Å². The van der Waals surface area contributed by atoms with Crippen molar-refractivity contribution < 1.29 is 0 Å². The lowest BCUT2D eigenvalue weighted by molar-refractivity contribution is 0.776. The second-order valence-corrected chi connectivity index (χ2v) is 2.79. The summed E-state index contributed by atoms with van der Waals surface area (Å²) in [6.07, 6.45) is 3.11. The number of rotatable bonds is 2. The number of nitrogens with zero attached hydrogens (tertiary/aromatic N) is 4. The highest BCUT2D eigenvalue weighted by atomic mass is 15.3. The third-order valence-electron chi connectivity index (χ3n) is 1.77. The first-order valence-electron chi connectivity index (χ1n) is 4.08. The van der Waals surface area contributed by atoms with Gasteiger partial charge in [0.15, 0.2) is 0 Å². The van der Waals surface area contributed by atoms with Gasteiger partial charge in [-0.1, -0.05) is 0 Å². The molecular weight excluding hydrogens is 180 g/mol. The van der Waals surface area contributed by atoms with Gasteiger partial charge < -0.3 is 11.1 Å². The first-order chi connectivity index (χ1) is 6.75. The van der Waals surface area contributed by atoms with Crippen molar-refractivity contribution in [1.29, 1.82) is 0 Å². The lowest BCUT2D eigenvalue weighted by Crippen LogP contribution is -2.01. The van der Waals surface area contributed by atoms with Crippen molar-refractivity contribution in [3.63, 3.8) is 0 Å². The maximum atomic E-state index is 5.51.